The molecule has 1 aliphatic rings. The van der Waals surface area contributed by atoms with Crippen molar-refractivity contribution in [2.24, 2.45) is 0 Å². The monoisotopic (exact) mass is 223 g/mol. The van der Waals surface area contributed by atoms with E-state index in [-0.39, 0.29) is 3.60 Å². The van der Waals surface area contributed by atoms with Gasteiger partial charge in [-0.1, -0.05) is 0 Å². The van der Waals surface area contributed by atoms with Gasteiger partial charge in [-0.15, -0.1) is 0 Å². The number of rotatable bonds is 1. The standard InChI is InChI=1S/CHOS3.Mo/c2-1(3)4-5-1;/h3H;/q-1;+1. The molecular formula is CHMoOS3. The Bertz CT molecular complexity index is 61.8. The van der Waals surface area contributed by atoms with Gasteiger partial charge in [0.25, 0.3) is 0 Å². The molecule has 6 heavy (non-hydrogen) atoms. The molecule has 0 amide bonds. The van der Waals surface area contributed by atoms with Gasteiger partial charge in [-0.3, -0.25) is 0 Å². The van der Waals surface area contributed by atoms with Crippen molar-refractivity contribution in [1.82, 2.24) is 0 Å². The summed E-state index contributed by atoms with van der Waals surface area (Å²) in [4.78, 5) is 0. The Morgan fingerprint density at radius 1 is 1.67 bits per heavy atom. The first-order chi connectivity index (χ1) is 2.77. The van der Waals surface area contributed by atoms with E-state index in [1.54, 1.807) is 41.8 Å². The van der Waals surface area contributed by atoms with Crippen LogP contribution in [-0.4, -0.2) is 3.60 Å². The second-order valence-corrected chi connectivity index (χ2v) is 5.16. The maximum atomic E-state index is 4.85. The Labute approximate surface area is 61.1 Å². The second-order valence-electron chi connectivity index (χ2n) is 0.774. The predicted molar refractivity (Wildman–Crippen MR) is 28.0 cm³/mol. The van der Waals surface area contributed by atoms with Gasteiger partial charge in [-0.05, 0) is 0 Å². The fraction of sp³-hybridized carbons (Fsp3) is 1.00. The van der Waals surface area contributed by atoms with E-state index < -0.39 is 0 Å². The van der Waals surface area contributed by atoms with Crippen LogP contribution in [0.5, 0.6) is 0 Å². The first kappa shape index (κ1) is 5.83. The van der Waals surface area contributed by atoms with Crippen LogP contribution < -0.4 is 0 Å². The normalized spacial score (nSPS) is 26.8. The van der Waals surface area contributed by atoms with Gasteiger partial charge in [0.05, 0.1) is 0 Å². The van der Waals surface area contributed by atoms with E-state index in [0.29, 0.717) is 0 Å². The average molecular weight is 221 g/mol. The molecule has 1 saturated heterocycles. The van der Waals surface area contributed by atoms with E-state index in [1.165, 1.54) is 0 Å². The molecule has 1 fully saturated rings. The minimum absolute atomic E-state index is 0.176. The van der Waals surface area contributed by atoms with Gasteiger partial charge >= 0.3 is 61.4 Å². The van der Waals surface area contributed by atoms with Gasteiger partial charge in [-0.25, -0.2) is 0 Å². The van der Waals surface area contributed by atoms with E-state index in [2.05, 4.69) is 12.6 Å². The molecule has 0 aliphatic carbocycles. The van der Waals surface area contributed by atoms with Crippen LogP contribution >= 0.6 is 34.2 Å². The Morgan fingerprint density at radius 2 is 2.17 bits per heavy atom. The van der Waals surface area contributed by atoms with Crippen LogP contribution in [0.2, 0.25) is 0 Å². The summed E-state index contributed by atoms with van der Waals surface area (Å²) in [5.74, 6) is 0. The zero-order valence-corrected chi connectivity index (χ0v) is 7.11. The molecule has 0 N–H and O–H groups in total. The third-order valence-electron chi connectivity index (χ3n) is 0.331. The van der Waals surface area contributed by atoms with Gasteiger partial charge in [0.15, 0.2) is 0 Å². The van der Waals surface area contributed by atoms with Crippen molar-refractivity contribution in [3.63, 3.8) is 0 Å². The summed E-state index contributed by atoms with van der Waals surface area (Å²) in [6.07, 6.45) is 0. The number of thiol groups is 1. The summed E-state index contributed by atoms with van der Waals surface area (Å²) in [5, 5.41) is 0. The van der Waals surface area contributed by atoms with Crippen molar-refractivity contribution in [3.05, 3.63) is 0 Å². The van der Waals surface area contributed by atoms with Crippen LogP contribution in [0, 0.1) is 0 Å². The van der Waals surface area contributed by atoms with Crippen LogP contribution in [0.4, 0.5) is 0 Å². The molecule has 35 valence electrons. The zero-order valence-electron chi connectivity index (χ0n) is 2.58. The Morgan fingerprint density at radius 3 is 2.17 bits per heavy atom. The van der Waals surface area contributed by atoms with Crippen molar-refractivity contribution in [2.75, 3.05) is 0 Å². The maximum absolute atomic E-state index is 4.85. The Kier molecular flexibility index (Phi) is 1.85. The van der Waals surface area contributed by atoms with Gasteiger partial charge in [0.2, 0.25) is 0 Å². The predicted octanol–water partition coefficient (Wildman–Crippen LogP) is 1.40. The molecule has 0 aromatic rings. The van der Waals surface area contributed by atoms with E-state index in [9.17, 15) is 0 Å². The van der Waals surface area contributed by atoms with Crippen molar-refractivity contribution in [3.8, 4) is 0 Å². The zero-order chi connectivity index (χ0) is 4.62. The number of hydrogen-bond acceptors (Lipinski definition) is 4. The Hall–Kier alpha value is 1.70. The summed E-state index contributed by atoms with van der Waals surface area (Å²) in [7, 11) is 3.26. The van der Waals surface area contributed by atoms with Crippen LogP contribution in [0.15, 0.2) is 0 Å². The first-order valence-electron chi connectivity index (χ1n) is 1.17. The molecular weight excluding hydrogens is 220 g/mol. The molecule has 1 nitrogen and oxygen atoms in total. The van der Waals surface area contributed by atoms with Gasteiger partial charge in [-0.2, -0.15) is 0 Å². The Balaban J connectivity index is 2.28. The first-order valence-corrected chi connectivity index (χ1v) is 4.59. The van der Waals surface area contributed by atoms with Crippen LogP contribution in [0.25, 0.3) is 0 Å². The fourth-order valence-electron chi connectivity index (χ4n) is 0.0634. The minimum atomic E-state index is -0.176. The summed E-state index contributed by atoms with van der Waals surface area (Å²) in [6.45, 7) is 0. The summed E-state index contributed by atoms with van der Waals surface area (Å²) in [5.41, 5.74) is 0. The summed E-state index contributed by atoms with van der Waals surface area (Å²) in [6, 6.07) is 0. The average Bonchev–Trinajstić information content (AvgIpc) is 2.22. The molecule has 0 saturated carbocycles. The van der Waals surface area contributed by atoms with Crippen LogP contribution in [0.3, 0.4) is 0 Å². The molecule has 1 heterocycles. The van der Waals surface area contributed by atoms with E-state index in [4.69, 9.17) is 3.39 Å². The molecule has 0 unspecified atom stereocenters. The quantitative estimate of drug-likeness (QED) is 0.236. The van der Waals surface area contributed by atoms with E-state index >= 15 is 0 Å². The topological polar surface area (TPSA) is 9.23 Å². The molecule has 0 aromatic heterocycles. The molecule has 1 aliphatic heterocycles. The summed E-state index contributed by atoms with van der Waals surface area (Å²) < 4.78 is 4.67. The van der Waals surface area contributed by atoms with E-state index in [1.807, 2.05) is 0 Å². The van der Waals surface area contributed by atoms with Gasteiger partial charge in [0, 0.05) is 0 Å². The number of hydrogen-bond donors (Lipinski definition) is 1. The molecule has 0 aromatic carbocycles. The van der Waals surface area contributed by atoms with Gasteiger partial charge in [0.1, 0.15) is 0 Å². The van der Waals surface area contributed by atoms with E-state index in [0.717, 1.165) is 0 Å². The van der Waals surface area contributed by atoms with Crippen molar-refractivity contribution in [2.45, 2.75) is 3.60 Å². The third-order valence-corrected chi connectivity index (χ3v) is 5.24. The van der Waals surface area contributed by atoms with Crippen LogP contribution in [-0.2, 0) is 23.6 Å². The van der Waals surface area contributed by atoms with Gasteiger partial charge < -0.3 is 0 Å². The second kappa shape index (κ2) is 1.90. The molecule has 0 atom stereocenters. The molecule has 5 heteroatoms. The summed E-state index contributed by atoms with van der Waals surface area (Å²) >= 11 is 5.66. The van der Waals surface area contributed by atoms with Crippen molar-refractivity contribution < 1.29 is 23.6 Å². The van der Waals surface area contributed by atoms with Crippen LogP contribution in [0.1, 0.15) is 0 Å². The molecule has 0 spiro atoms. The molecule has 0 radical (unpaired) electrons. The fourth-order valence-corrected chi connectivity index (χ4v) is 2.14. The molecule has 0 bridgehead atoms. The SMILES string of the molecule is SC1([O][Mo])SS1. The third kappa shape index (κ3) is 1.34. The molecule has 1 rings (SSSR count). The van der Waals surface area contributed by atoms with Crippen molar-refractivity contribution in [1.29, 1.82) is 0 Å². The van der Waals surface area contributed by atoms with Crippen molar-refractivity contribution >= 4 is 34.2 Å².